The highest BCUT2D eigenvalue weighted by atomic mass is 15.2. The van der Waals surface area contributed by atoms with Crippen LogP contribution in [0.4, 0.5) is 0 Å². The van der Waals surface area contributed by atoms with Gasteiger partial charge in [0.15, 0.2) is 0 Å². The fourth-order valence-corrected chi connectivity index (χ4v) is 1.34. The Morgan fingerprint density at radius 1 is 1.64 bits per heavy atom. The van der Waals surface area contributed by atoms with E-state index in [9.17, 15) is 0 Å². The zero-order valence-corrected chi connectivity index (χ0v) is 7.38. The summed E-state index contributed by atoms with van der Waals surface area (Å²) in [5.41, 5.74) is 5.70. The van der Waals surface area contributed by atoms with Gasteiger partial charge in [-0.3, -0.25) is 4.99 Å². The topological polar surface area (TPSA) is 41.6 Å². The summed E-state index contributed by atoms with van der Waals surface area (Å²) >= 11 is 0. The van der Waals surface area contributed by atoms with Crippen LogP contribution in [0, 0.1) is 0 Å². The zero-order chi connectivity index (χ0) is 8.32. The highest BCUT2D eigenvalue weighted by Gasteiger charge is 2.24. The summed E-state index contributed by atoms with van der Waals surface area (Å²) in [6.45, 7) is 7.15. The summed E-state index contributed by atoms with van der Waals surface area (Å²) in [4.78, 5) is 6.44. The van der Waals surface area contributed by atoms with Crippen LogP contribution in [0.2, 0.25) is 0 Å². The molecule has 2 N–H and O–H groups in total. The Hall–Kier alpha value is -0.570. The van der Waals surface area contributed by atoms with Gasteiger partial charge in [0, 0.05) is 12.1 Å². The van der Waals surface area contributed by atoms with Gasteiger partial charge in [-0.1, -0.05) is 0 Å². The van der Waals surface area contributed by atoms with Gasteiger partial charge in [0.25, 0.3) is 0 Å². The largest absolute Gasteiger partial charge is 0.356 e. The highest BCUT2D eigenvalue weighted by molar-refractivity contribution is 5.58. The highest BCUT2D eigenvalue weighted by Crippen LogP contribution is 2.17. The first-order valence-corrected chi connectivity index (χ1v) is 4.13. The average molecular weight is 155 g/mol. The second-order valence-corrected chi connectivity index (χ2v) is 3.57. The normalized spacial score (nSPS) is 17.9. The van der Waals surface area contributed by atoms with Crippen molar-refractivity contribution in [3.05, 3.63) is 0 Å². The number of aliphatic imine (C=N–C) groups is 1. The van der Waals surface area contributed by atoms with E-state index in [0.29, 0.717) is 0 Å². The van der Waals surface area contributed by atoms with Crippen molar-refractivity contribution >= 4 is 6.34 Å². The Morgan fingerprint density at radius 3 is 2.82 bits per heavy atom. The van der Waals surface area contributed by atoms with Gasteiger partial charge in [-0.15, -0.1) is 0 Å². The van der Waals surface area contributed by atoms with Crippen molar-refractivity contribution in [2.75, 3.05) is 19.6 Å². The summed E-state index contributed by atoms with van der Waals surface area (Å²) in [6, 6.07) is 0. The molecule has 3 nitrogen and oxygen atoms in total. The Kier molecular flexibility index (Phi) is 2.49. The molecule has 11 heavy (non-hydrogen) atoms. The van der Waals surface area contributed by atoms with E-state index in [-0.39, 0.29) is 5.54 Å². The van der Waals surface area contributed by atoms with E-state index in [1.165, 1.54) is 0 Å². The Balaban J connectivity index is 2.48. The van der Waals surface area contributed by atoms with Crippen LogP contribution >= 0.6 is 0 Å². The van der Waals surface area contributed by atoms with Crippen molar-refractivity contribution in [2.45, 2.75) is 25.8 Å². The lowest BCUT2D eigenvalue weighted by Crippen LogP contribution is -2.43. The fraction of sp³-hybridized carbons (Fsp3) is 0.875. The summed E-state index contributed by atoms with van der Waals surface area (Å²) in [5, 5.41) is 0. The molecule has 0 radical (unpaired) electrons. The number of hydrogen-bond acceptors (Lipinski definition) is 3. The molecule has 0 spiro atoms. The quantitative estimate of drug-likeness (QED) is 0.643. The molecule has 1 aliphatic heterocycles. The molecule has 0 amide bonds. The van der Waals surface area contributed by atoms with E-state index >= 15 is 0 Å². The van der Waals surface area contributed by atoms with Gasteiger partial charge >= 0.3 is 0 Å². The molecule has 0 atom stereocenters. The minimum absolute atomic E-state index is 0.189. The van der Waals surface area contributed by atoms with Gasteiger partial charge in [0.2, 0.25) is 0 Å². The van der Waals surface area contributed by atoms with Crippen molar-refractivity contribution in [1.29, 1.82) is 0 Å². The fourth-order valence-electron chi connectivity index (χ4n) is 1.34. The van der Waals surface area contributed by atoms with E-state index in [2.05, 4.69) is 23.7 Å². The molecule has 1 rings (SSSR count). The average Bonchev–Trinajstić information content (AvgIpc) is 2.37. The van der Waals surface area contributed by atoms with Crippen molar-refractivity contribution in [2.24, 2.45) is 10.7 Å². The molecule has 64 valence electrons. The molecule has 0 saturated carbocycles. The summed E-state index contributed by atoms with van der Waals surface area (Å²) in [5.74, 6) is 0. The molecule has 1 heterocycles. The van der Waals surface area contributed by atoms with Crippen LogP contribution in [0.15, 0.2) is 4.99 Å². The van der Waals surface area contributed by atoms with Gasteiger partial charge in [0.05, 0.1) is 12.9 Å². The second kappa shape index (κ2) is 3.22. The SMILES string of the molecule is CC(C)(CCN)N1C=NCC1. The molecule has 0 aliphatic carbocycles. The number of nitrogens with zero attached hydrogens (tertiary/aromatic N) is 2. The van der Waals surface area contributed by atoms with Crippen LogP contribution in [0.25, 0.3) is 0 Å². The van der Waals surface area contributed by atoms with Crippen LogP contribution in [-0.4, -0.2) is 36.4 Å². The predicted molar refractivity (Wildman–Crippen MR) is 47.8 cm³/mol. The van der Waals surface area contributed by atoms with E-state index in [0.717, 1.165) is 26.1 Å². The van der Waals surface area contributed by atoms with Gasteiger partial charge in [-0.05, 0) is 26.8 Å². The Morgan fingerprint density at radius 2 is 2.36 bits per heavy atom. The third kappa shape index (κ3) is 1.93. The summed E-state index contributed by atoms with van der Waals surface area (Å²) < 4.78 is 0. The maximum absolute atomic E-state index is 5.51. The molecule has 1 aliphatic rings. The van der Waals surface area contributed by atoms with E-state index in [4.69, 9.17) is 5.73 Å². The first-order chi connectivity index (χ1) is 5.17. The first kappa shape index (κ1) is 8.53. The van der Waals surface area contributed by atoms with Gasteiger partial charge in [-0.2, -0.15) is 0 Å². The molecule has 0 aromatic heterocycles. The zero-order valence-electron chi connectivity index (χ0n) is 7.38. The molecular formula is C8H17N3. The van der Waals surface area contributed by atoms with Gasteiger partial charge in [0.1, 0.15) is 0 Å². The number of nitrogens with two attached hydrogens (primary N) is 1. The molecule has 0 aromatic carbocycles. The minimum Gasteiger partial charge on any atom is -0.356 e. The summed E-state index contributed by atoms with van der Waals surface area (Å²) in [6.07, 6.45) is 2.97. The van der Waals surface area contributed by atoms with E-state index < -0.39 is 0 Å². The van der Waals surface area contributed by atoms with Gasteiger partial charge in [-0.25, -0.2) is 0 Å². The first-order valence-electron chi connectivity index (χ1n) is 4.13. The van der Waals surface area contributed by atoms with Crippen molar-refractivity contribution in [3.63, 3.8) is 0 Å². The third-order valence-electron chi connectivity index (χ3n) is 2.22. The van der Waals surface area contributed by atoms with Crippen LogP contribution in [0.5, 0.6) is 0 Å². The lowest BCUT2D eigenvalue weighted by Gasteiger charge is -2.34. The van der Waals surface area contributed by atoms with Crippen molar-refractivity contribution in [1.82, 2.24) is 4.90 Å². The van der Waals surface area contributed by atoms with Crippen LogP contribution in [0.1, 0.15) is 20.3 Å². The molecule has 0 saturated heterocycles. The standard InChI is InChI=1S/C8H17N3/c1-8(2,3-4-9)11-6-5-10-7-11/h7H,3-6,9H2,1-2H3. The number of hydrogen-bond donors (Lipinski definition) is 1. The van der Waals surface area contributed by atoms with E-state index in [1.54, 1.807) is 0 Å². The summed E-state index contributed by atoms with van der Waals surface area (Å²) in [7, 11) is 0. The molecule has 3 heteroatoms. The predicted octanol–water partition coefficient (Wildman–Crippen LogP) is 0.458. The van der Waals surface area contributed by atoms with Crippen molar-refractivity contribution < 1.29 is 0 Å². The maximum Gasteiger partial charge on any atom is 0.0855 e. The lowest BCUT2D eigenvalue weighted by atomic mass is 9.99. The molecule has 0 unspecified atom stereocenters. The van der Waals surface area contributed by atoms with Gasteiger partial charge < -0.3 is 10.6 Å². The maximum atomic E-state index is 5.51. The molecular weight excluding hydrogens is 138 g/mol. The Labute approximate surface area is 68.3 Å². The number of rotatable bonds is 3. The monoisotopic (exact) mass is 155 g/mol. The molecule has 0 fully saturated rings. The van der Waals surface area contributed by atoms with Crippen LogP contribution < -0.4 is 5.73 Å². The third-order valence-corrected chi connectivity index (χ3v) is 2.22. The minimum atomic E-state index is 0.189. The molecule has 0 aromatic rings. The van der Waals surface area contributed by atoms with Crippen molar-refractivity contribution in [3.8, 4) is 0 Å². The van der Waals surface area contributed by atoms with Crippen LogP contribution in [-0.2, 0) is 0 Å². The second-order valence-electron chi connectivity index (χ2n) is 3.57. The Bertz CT molecular complexity index is 151. The van der Waals surface area contributed by atoms with Crippen LogP contribution in [0.3, 0.4) is 0 Å². The van der Waals surface area contributed by atoms with E-state index in [1.807, 2.05) is 6.34 Å². The molecule has 0 bridgehead atoms. The lowest BCUT2D eigenvalue weighted by molar-refractivity contribution is 0.226. The smallest absolute Gasteiger partial charge is 0.0855 e.